The molecule has 0 radical (unpaired) electrons. The number of hydrogen-bond donors (Lipinski definition) is 3. The van der Waals surface area contributed by atoms with Crippen molar-refractivity contribution in [2.24, 2.45) is 5.73 Å². The van der Waals surface area contributed by atoms with Crippen LogP contribution in [0.2, 0.25) is 0 Å². The number of nitrogens with one attached hydrogen (secondary N) is 2. The van der Waals surface area contributed by atoms with E-state index in [-0.39, 0.29) is 0 Å². The summed E-state index contributed by atoms with van der Waals surface area (Å²) in [7, 11) is 0. The van der Waals surface area contributed by atoms with Crippen molar-refractivity contribution < 1.29 is 0 Å². The summed E-state index contributed by atoms with van der Waals surface area (Å²) in [4.78, 5) is 4.32. The van der Waals surface area contributed by atoms with Crippen LogP contribution in [0.1, 0.15) is 30.4 Å². The summed E-state index contributed by atoms with van der Waals surface area (Å²) in [6.07, 6.45) is 2.38. The lowest BCUT2D eigenvalue weighted by atomic mass is 9.99. The molecule has 1 fully saturated rings. The third-order valence-corrected chi connectivity index (χ3v) is 2.40. The highest BCUT2D eigenvalue weighted by Gasteiger charge is 2.18. The number of nitrogens with zero attached hydrogens (tertiary/aromatic N) is 2. The molecule has 0 aromatic carbocycles. The van der Waals surface area contributed by atoms with Gasteiger partial charge >= 0.3 is 0 Å². The molecule has 0 bridgehead atoms. The molecule has 1 aliphatic heterocycles. The average Bonchev–Trinajstić information content (AvgIpc) is 2.67. The monoisotopic (exact) mass is 181 g/mol. The van der Waals surface area contributed by atoms with Crippen LogP contribution in [-0.2, 0) is 6.54 Å². The largest absolute Gasteiger partial charge is 0.324 e. The third kappa shape index (κ3) is 1.87. The molecule has 0 aliphatic carbocycles. The summed E-state index contributed by atoms with van der Waals surface area (Å²) < 4.78 is 0. The zero-order valence-corrected chi connectivity index (χ0v) is 7.58. The molecule has 1 saturated heterocycles. The van der Waals surface area contributed by atoms with Crippen LogP contribution in [0, 0.1) is 0 Å². The van der Waals surface area contributed by atoms with Gasteiger partial charge in [-0.1, -0.05) is 0 Å². The summed E-state index contributed by atoms with van der Waals surface area (Å²) in [5.41, 5.74) is 5.44. The molecule has 4 N–H and O–H groups in total. The summed E-state index contributed by atoms with van der Waals surface area (Å²) in [6, 6.07) is 0. The molecule has 1 unspecified atom stereocenters. The Hall–Kier alpha value is -0.940. The standard InChI is InChI=1S/C8H15N5/c9-4-7-11-8(13-12-7)6-2-1-3-10-5-6/h6,10H,1-5,9H2,(H,11,12,13). The summed E-state index contributed by atoms with van der Waals surface area (Å²) in [5, 5.41) is 10.3. The molecular formula is C8H15N5. The van der Waals surface area contributed by atoms with Gasteiger partial charge in [-0.25, -0.2) is 4.98 Å². The van der Waals surface area contributed by atoms with Crippen LogP contribution in [0.15, 0.2) is 0 Å². The molecule has 0 spiro atoms. The van der Waals surface area contributed by atoms with E-state index >= 15 is 0 Å². The highest BCUT2D eigenvalue weighted by molar-refractivity contribution is 4.99. The summed E-state index contributed by atoms with van der Waals surface area (Å²) >= 11 is 0. The SMILES string of the molecule is NCc1nc(C2CCCNC2)n[nH]1. The molecule has 1 aromatic heterocycles. The normalized spacial score (nSPS) is 23.3. The Labute approximate surface area is 77.1 Å². The van der Waals surface area contributed by atoms with Crippen molar-refractivity contribution in [3.8, 4) is 0 Å². The lowest BCUT2D eigenvalue weighted by Crippen LogP contribution is -2.28. The van der Waals surface area contributed by atoms with Crippen LogP contribution in [0.25, 0.3) is 0 Å². The van der Waals surface area contributed by atoms with Gasteiger partial charge in [0.25, 0.3) is 0 Å². The zero-order valence-electron chi connectivity index (χ0n) is 7.58. The molecule has 0 saturated carbocycles. The van der Waals surface area contributed by atoms with Gasteiger partial charge in [0.15, 0.2) is 5.82 Å². The molecule has 72 valence electrons. The average molecular weight is 181 g/mol. The van der Waals surface area contributed by atoms with Crippen molar-refractivity contribution in [2.75, 3.05) is 13.1 Å². The lowest BCUT2D eigenvalue weighted by molar-refractivity contribution is 0.447. The van der Waals surface area contributed by atoms with Crippen molar-refractivity contribution in [1.29, 1.82) is 0 Å². The second kappa shape index (κ2) is 3.85. The van der Waals surface area contributed by atoms with Gasteiger partial charge in [0, 0.05) is 12.5 Å². The molecule has 13 heavy (non-hydrogen) atoms. The Bertz CT molecular complexity index is 263. The first-order valence-electron chi connectivity index (χ1n) is 4.72. The van der Waals surface area contributed by atoms with E-state index in [4.69, 9.17) is 5.73 Å². The number of aromatic nitrogens is 3. The fourth-order valence-corrected chi connectivity index (χ4v) is 1.66. The third-order valence-electron chi connectivity index (χ3n) is 2.40. The number of piperidine rings is 1. The molecule has 1 atom stereocenters. The van der Waals surface area contributed by atoms with Gasteiger partial charge in [0.05, 0.1) is 6.54 Å². The fraction of sp³-hybridized carbons (Fsp3) is 0.750. The minimum atomic E-state index is 0.438. The highest BCUT2D eigenvalue weighted by Crippen LogP contribution is 2.19. The van der Waals surface area contributed by atoms with Crippen LogP contribution >= 0.6 is 0 Å². The molecule has 1 aromatic rings. The van der Waals surface area contributed by atoms with Crippen molar-refractivity contribution in [1.82, 2.24) is 20.5 Å². The Balaban J connectivity index is 2.05. The van der Waals surface area contributed by atoms with E-state index in [1.54, 1.807) is 0 Å². The van der Waals surface area contributed by atoms with Crippen LogP contribution < -0.4 is 11.1 Å². The Morgan fingerprint density at radius 1 is 1.54 bits per heavy atom. The molecule has 5 heteroatoms. The predicted molar refractivity (Wildman–Crippen MR) is 49.1 cm³/mol. The van der Waals surface area contributed by atoms with E-state index in [9.17, 15) is 0 Å². The molecule has 2 heterocycles. The Kier molecular flexibility index (Phi) is 2.56. The van der Waals surface area contributed by atoms with Crippen LogP contribution in [0.3, 0.4) is 0 Å². The zero-order chi connectivity index (χ0) is 9.10. The topological polar surface area (TPSA) is 79.6 Å². The smallest absolute Gasteiger partial charge is 0.155 e. The van der Waals surface area contributed by atoms with Gasteiger partial charge in [0.2, 0.25) is 0 Å². The van der Waals surface area contributed by atoms with E-state index in [0.29, 0.717) is 12.5 Å². The van der Waals surface area contributed by atoms with E-state index in [0.717, 1.165) is 24.7 Å². The maximum absolute atomic E-state index is 5.44. The quantitative estimate of drug-likeness (QED) is 0.587. The fourth-order valence-electron chi connectivity index (χ4n) is 1.66. The van der Waals surface area contributed by atoms with Crippen LogP contribution in [-0.4, -0.2) is 28.3 Å². The molecule has 5 nitrogen and oxygen atoms in total. The van der Waals surface area contributed by atoms with E-state index in [1.165, 1.54) is 12.8 Å². The number of nitrogens with two attached hydrogens (primary N) is 1. The van der Waals surface area contributed by atoms with Gasteiger partial charge in [-0.15, -0.1) is 0 Å². The molecule has 1 aliphatic rings. The van der Waals surface area contributed by atoms with Crippen LogP contribution in [0.5, 0.6) is 0 Å². The first-order valence-corrected chi connectivity index (χ1v) is 4.72. The first kappa shape index (κ1) is 8.65. The van der Waals surface area contributed by atoms with Gasteiger partial charge in [0.1, 0.15) is 5.82 Å². The second-order valence-corrected chi connectivity index (χ2v) is 3.39. The lowest BCUT2D eigenvalue weighted by Gasteiger charge is -2.19. The number of H-pyrrole nitrogens is 1. The Morgan fingerprint density at radius 2 is 2.46 bits per heavy atom. The number of hydrogen-bond acceptors (Lipinski definition) is 4. The number of aromatic amines is 1. The molecule has 0 amide bonds. The van der Waals surface area contributed by atoms with Crippen molar-refractivity contribution in [3.05, 3.63) is 11.6 Å². The van der Waals surface area contributed by atoms with Crippen LogP contribution in [0.4, 0.5) is 0 Å². The Morgan fingerprint density at radius 3 is 3.08 bits per heavy atom. The van der Waals surface area contributed by atoms with Gasteiger partial charge in [-0.2, -0.15) is 5.10 Å². The van der Waals surface area contributed by atoms with Crippen molar-refractivity contribution >= 4 is 0 Å². The maximum Gasteiger partial charge on any atom is 0.155 e. The second-order valence-electron chi connectivity index (χ2n) is 3.39. The predicted octanol–water partition coefficient (Wildman–Crippen LogP) is -0.270. The van der Waals surface area contributed by atoms with Gasteiger partial charge in [-0.05, 0) is 19.4 Å². The van der Waals surface area contributed by atoms with Gasteiger partial charge < -0.3 is 11.1 Å². The maximum atomic E-state index is 5.44. The van der Waals surface area contributed by atoms with E-state index in [2.05, 4.69) is 20.5 Å². The highest BCUT2D eigenvalue weighted by atomic mass is 15.2. The summed E-state index contributed by atoms with van der Waals surface area (Å²) in [5.74, 6) is 2.15. The minimum Gasteiger partial charge on any atom is -0.324 e. The van der Waals surface area contributed by atoms with E-state index in [1.807, 2.05) is 0 Å². The minimum absolute atomic E-state index is 0.438. The first-order chi connectivity index (χ1) is 6.40. The van der Waals surface area contributed by atoms with Crippen molar-refractivity contribution in [3.63, 3.8) is 0 Å². The van der Waals surface area contributed by atoms with Crippen molar-refractivity contribution in [2.45, 2.75) is 25.3 Å². The molecular weight excluding hydrogens is 166 g/mol. The van der Waals surface area contributed by atoms with Gasteiger partial charge in [-0.3, -0.25) is 5.10 Å². The summed E-state index contributed by atoms with van der Waals surface area (Å²) in [6.45, 7) is 2.54. The number of rotatable bonds is 2. The molecule has 2 rings (SSSR count). The van der Waals surface area contributed by atoms with E-state index < -0.39 is 0 Å².